The van der Waals surface area contributed by atoms with Gasteiger partial charge in [0.1, 0.15) is 0 Å². The van der Waals surface area contributed by atoms with Crippen molar-refractivity contribution in [3.8, 4) is 0 Å². The number of carbonyl (C=O) groups excluding carboxylic acids is 3. The summed E-state index contributed by atoms with van der Waals surface area (Å²) in [6, 6.07) is 21.6. The SMILES string of the molecule is O=C(c1ccccc1)C1NC(c2ccccc2)[C@@H]2C(=O)N(c3ccc(Cl)c(Cl)c3)C(=O)[C@H]12. The van der Waals surface area contributed by atoms with Gasteiger partial charge in [0, 0.05) is 11.6 Å². The number of fused-ring (bicyclic) bond motifs is 1. The summed E-state index contributed by atoms with van der Waals surface area (Å²) in [4.78, 5) is 41.6. The minimum absolute atomic E-state index is 0.212. The van der Waals surface area contributed by atoms with Gasteiger partial charge in [0.2, 0.25) is 11.8 Å². The van der Waals surface area contributed by atoms with Crippen LogP contribution in [0.1, 0.15) is 22.0 Å². The number of ketones is 1. The molecule has 4 atom stereocenters. The van der Waals surface area contributed by atoms with E-state index in [1.165, 1.54) is 6.07 Å². The highest BCUT2D eigenvalue weighted by molar-refractivity contribution is 6.42. The number of carbonyl (C=O) groups is 3. The normalized spacial score (nSPS) is 24.6. The Balaban J connectivity index is 1.59. The van der Waals surface area contributed by atoms with Gasteiger partial charge >= 0.3 is 0 Å². The van der Waals surface area contributed by atoms with E-state index in [0.29, 0.717) is 16.3 Å². The van der Waals surface area contributed by atoms with E-state index in [0.717, 1.165) is 10.5 Å². The summed E-state index contributed by atoms with van der Waals surface area (Å²) in [5, 5.41) is 3.87. The molecule has 0 radical (unpaired) electrons. The Morgan fingerprint density at radius 3 is 2.06 bits per heavy atom. The quantitative estimate of drug-likeness (QED) is 0.449. The fraction of sp³-hybridized carbons (Fsp3) is 0.160. The first-order valence-electron chi connectivity index (χ1n) is 10.2. The molecule has 160 valence electrons. The van der Waals surface area contributed by atoms with Crippen LogP contribution in [0.15, 0.2) is 78.9 Å². The average molecular weight is 465 g/mol. The monoisotopic (exact) mass is 464 g/mol. The van der Waals surface area contributed by atoms with Gasteiger partial charge in [-0.1, -0.05) is 83.9 Å². The van der Waals surface area contributed by atoms with Crippen molar-refractivity contribution in [3.63, 3.8) is 0 Å². The molecule has 0 spiro atoms. The molecule has 5 nitrogen and oxygen atoms in total. The summed E-state index contributed by atoms with van der Waals surface area (Å²) in [5.74, 6) is -2.52. The van der Waals surface area contributed by atoms with Crippen LogP contribution in [0.5, 0.6) is 0 Å². The Bertz CT molecular complexity index is 1220. The van der Waals surface area contributed by atoms with E-state index in [1.807, 2.05) is 36.4 Å². The first-order chi connectivity index (χ1) is 15.5. The Labute approximate surface area is 194 Å². The maximum absolute atomic E-state index is 13.6. The van der Waals surface area contributed by atoms with Crippen LogP contribution in [-0.2, 0) is 9.59 Å². The zero-order chi connectivity index (χ0) is 22.4. The highest BCUT2D eigenvalue weighted by Gasteiger charge is 2.61. The molecule has 0 saturated carbocycles. The van der Waals surface area contributed by atoms with Gasteiger partial charge in [-0.05, 0) is 23.8 Å². The van der Waals surface area contributed by atoms with Gasteiger partial charge in [0.05, 0.1) is 33.6 Å². The molecule has 2 unspecified atom stereocenters. The lowest BCUT2D eigenvalue weighted by Crippen LogP contribution is -2.43. The fourth-order valence-corrected chi connectivity index (χ4v) is 4.97. The van der Waals surface area contributed by atoms with Gasteiger partial charge in [-0.3, -0.25) is 19.7 Å². The summed E-state index contributed by atoms with van der Waals surface area (Å²) in [7, 11) is 0. The smallest absolute Gasteiger partial charge is 0.239 e. The minimum Gasteiger partial charge on any atom is -0.299 e. The van der Waals surface area contributed by atoms with Gasteiger partial charge in [0.15, 0.2) is 5.78 Å². The van der Waals surface area contributed by atoms with Crippen LogP contribution >= 0.6 is 23.2 Å². The van der Waals surface area contributed by atoms with E-state index in [4.69, 9.17) is 23.2 Å². The molecule has 0 bridgehead atoms. The van der Waals surface area contributed by atoms with Crippen molar-refractivity contribution < 1.29 is 14.4 Å². The van der Waals surface area contributed by atoms with E-state index in [1.54, 1.807) is 36.4 Å². The number of halogens is 2. The second kappa shape index (κ2) is 8.17. The predicted molar refractivity (Wildman–Crippen MR) is 123 cm³/mol. The molecule has 1 N–H and O–H groups in total. The maximum atomic E-state index is 13.6. The maximum Gasteiger partial charge on any atom is 0.239 e. The van der Waals surface area contributed by atoms with E-state index < -0.39 is 29.8 Å². The summed E-state index contributed by atoms with van der Waals surface area (Å²) < 4.78 is 0. The highest BCUT2D eigenvalue weighted by atomic mass is 35.5. The zero-order valence-corrected chi connectivity index (χ0v) is 18.3. The van der Waals surface area contributed by atoms with Gasteiger partial charge in [0.25, 0.3) is 0 Å². The summed E-state index contributed by atoms with van der Waals surface area (Å²) in [5.41, 5.74) is 1.69. The summed E-state index contributed by atoms with van der Waals surface area (Å²) in [6.45, 7) is 0. The van der Waals surface area contributed by atoms with Crippen LogP contribution in [-0.4, -0.2) is 23.6 Å². The van der Waals surface area contributed by atoms with Crippen LogP contribution < -0.4 is 10.2 Å². The van der Waals surface area contributed by atoms with E-state index in [2.05, 4.69) is 5.32 Å². The molecule has 2 amide bonds. The lowest BCUT2D eigenvalue weighted by atomic mass is 9.84. The van der Waals surface area contributed by atoms with Crippen LogP contribution in [0.4, 0.5) is 5.69 Å². The molecule has 2 saturated heterocycles. The number of nitrogens with one attached hydrogen (secondary N) is 1. The van der Waals surface area contributed by atoms with E-state index in [-0.39, 0.29) is 16.7 Å². The molecule has 2 aliphatic rings. The number of imide groups is 1. The van der Waals surface area contributed by atoms with Crippen molar-refractivity contribution in [2.45, 2.75) is 12.1 Å². The molecule has 7 heteroatoms. The van der Waals surface area contributed by atoms with Crippen molar-refractivity contribution >= 4 is 46.5 Å². The lowest BCUT2D eigenvalue weighted by Gasteiger charge is -2.22. The third kappa shape index (κ3) is 3.34. The Hall–Kier alpha value is -2.99. The average Bonchev–Trinajstić information content (AvgIpc) is 3.33. The van der Waals surface area contributed by atoms with Crippen LogP contribution in [0.25, 0.3) is 0 Å². The van der Waals surface area contributed by atoms with Gasteiger partial charge in [-0.2, -0.15) is 0 Å². The van der Waals surface area contributed by atoms with Gasteiger partial charge in [-0.15, -0.1) is 0 Å². The fourth-order valence-electron chi connectivity index (χ4n) is 4.68. The van der Waals surface area contributed by atoms with E-state index >= 15 is 0 Å². The molecule has 5 rings (SSSR count). The third-order valence-corrected chi connectivity index (χ3v) is 6.88. The minimum atomic E-state index is -0.824. The van der Waals surface area contributed by atoms with Gasteiger partial charge < -0.3 is 0 Å². The first kappa shape index (κ1) is 20.9. The Morgan fingerprint density at radius 1 is 0.781 bits per heavy atom. The molecular weight excluding hydrogens is 447 g/mol. The molecular formula is C25H18Cl2N2O3. The molecule has 0 aromatic heterocycles. The molecule has 2 fully saturated rings. The number of nitrogens with zero attached hydrogens (tertiary/aromatic N) is 1. The number of amides is 2. The molecule has 32 heavy (non-hydrogen) atoms. The Kier molecular flexibility index (Phi) is 5.33. The number of anilines is 1. The second-order valence-electron chi connectivity index (χ2n) is 7.92. The van der Waals surface area contributed by atoms with E-state index in [9.17, 15) is 14.4 Å². The highest BCUT2D eigenvalue weighted by Crippen LogP contribution is 2.46. The van der Waals surface area contributed by atoms with Gasteiger partial charge in [-0.25, -0.2) is 4.90 Å². The lowest BCUT2D eigenvalue weighted by molar-refractivity contribution is -0.123. The molecule has 3 aromatic rings. The van der Waals surface area contributed by atoms with Crippen molar-refractivity contribution in [2.24, 2.45) is 11.8 Å². The van der Waals surface area contributed by atoms with Crippen molar-refractivity contribution in [3.05, 3.63) is 100 Å². The van der Waals surface area contributed by atoms with Crippen molar-refractivity contribution in [2.75, 3.05) is 4.90 Å². The molecule has 3 aromatic carbocycles. The standard InChI is InChI=1S/C25H18Cl2N2O3/c26-17-12-11-16(13-18(17)27)29-24(31)19-20(25(29)32)22(23(30)15-9-5-2-6-10-15)28-21(19)14-7-3-1-4-8-14/h1-13,19-22,28H/t19-,20+,21?,22?/m1/s1. The van der Waals surface area contributed by atoms with Crippen LogP contribution in [0.2, 0.25) is 10.0 Å². The van der Waals surface area contributed by atoms with Crippen molar-refractivity contribution in [1.29, 1.82) is 0 Å². The first-order valence-corrected chi connectivity index (χ1v) is 11.0. The predicted octanol–water partition coefficient (Wildman–Crippen LogP) is 4.70. The second-order valence-corrected chi connectivity index (χ2v) is 8.74. The molecule has 0 aliphatic carbocycles. The van der Waals surface area contributed by atoms with Crippen molar-refractivity contribution in [1.82, 2.24) is 5.32 Å². The number of hydrogen-bond acceptors (Lipinski definition) is 4. The molecule has 2 aliphatic heterocycles. The summed E-state index contributed by atoms with van der Waals surface area (Å²) in [6.07, 6.45) is 0. The topological polar surface area (TPSA) is 66.5 Å². The number of hydrogen-bond donors (Lipinski definition) is 1. The number of Topliss-reactive ketones (excluding diaryl/α,β-unsaturated/α-hetero) is 1. The number of benzene rings is 3. The van der Waals surface area contributed by atoms with Crippen LogP contribution in [0, 0.1) is 11.8 Å². The Morgan fingerprint density at radius 2 is 1.41 bits per heavy atom. The largest absolute Gasteiger partial charge is 0.299 e. The summed E-state index contributed by atoms with van der Waals surface area (Å²) >= 11 is 12.2. The zero-order valence-electron chi connectivity index (χ0n) is 16.7. The number of rotatable bonds is 4. The van der Waals surface area contributed by atoms with Crippen LogP contribution in [0.3, 0.4) is 0 Å². The molecule has 2 heterocycles. The third-order valence-electron chi connectivity index (χ3n) is 6.14.